The molecule has 4 N–H and O–H groups in total. The Kier molecular flexibility index (Phi) is 10.0. The largest absolute Gasteiger partial charge is 0.497 e. The molecule has 1 saturated heterocycles. The van der Waals surface area contributed by atoms with Gasteiger partial charge in [0.05, 0.1) is 32.4 Å². The number of aliphatic hydroxyl groups is 1. The molecule has 1 fully saturated rings. The maximum Gasteiger partial charge on any atom is 0.407 e. The summed E-state index contributed by atoms with van der Waals surface area (Å²) < 4.78 is 11.0. The zero-order chi connectivity index (χ0) is 33.0. The quantitative estimate of drug-likeness (QED) is 0.233. The van der Waals surface area contributed by atoms with Gasteiger partial charge in [-0.1, -0.05) is 51.1 Å². The lowest BCUT2D eigenvalue weighted by molar-refractivity contribution is 0.00819. The van der Waals surface area contributed by atoms with Crippen LogP contribution in [0.3, 0.4) is 0 Å². The molecule has 2 aromatic carbocycles. The minimum atomic E-state index is -0.947. The highest BCUT2D eigenvalue weighted by atomic mass is 16.5. The van der Waals surface area contributed by atoms with E-state index in [1.54, 1.807) is 32.5 Å². The minimum Gasteiger partial charge on any atom is -0.497 e. The summed E-state index contributed by atoms with van der Waals surface area (Å²) in [4.78, 5) is 32.8. The number of hydrogen-bond acceptors (Lipinski definition) is 8. The minimum absolute atomic E-state index is 0.0716. The number of nitrogens with one attached hydrogen (secondary N) is 2. The number of pyridine rings is 1. The Bertz CT molecular complexity index is 1520. The number of carbonyl (C=O) groups is 2. The number of aromatic nitrogens is 1. The van der Waals surface area contributed by atoms with E-state index >= 15 is 0 Å². The number of rotatable bonds is 12. The first-order valence-electron chi connectivity index (χ1n) is 15.7. The van der Waals surface area contributed by atoms with Gasteiger partial charge in [0.2, 0.25) is 0 Å². The molecule has 3 atom stereocenters. The predicted molar refractivity (Wildman–Crippen MR) is 176 cm³/mol. The van der Waals surface area contributed by atoms with Gasteiger partial charge in [-0.05, 0) is 47.6 Å². The molecule has 11 heteroatoms. The van der Waals surface area contributed by atoms with E-state index in [-0.39, 0.29) is 36.0 Å². The summed E-state index contributed by atoms with van der Waals surface area (Å²) in [5, 5.41) is 26.9. The van der Waals surface area contributed by atoms with Gasteiger partial charge < -0.3 is 35.2 Å². The van der Waals surface area contributed by atoms with E-state index in [0.717, 1.165) is 24.2 Å². The highest BCUT2D eigenvalue weighted by Crippen LogP contribution is 2.36. The van der Waals surface area contributed by atoms with Crippen LogP contribution in [0.25, 0.3) is 0 Å². The van der Waals surface area contributed by atoms with Crippen LogP contribution in [0.4, 0.5) is 10.6 Å². The fourth-order valence-electron chi connectivity index (χ4n) is 6.72. The number of hydrogen-bond donors (Lipinski definition) is 4. The Morgan fingerprint density at radius 2 is 1.78 bits per heavy atom. The first-order valence-corrected chi connectivity index (χ1v) is 15.7. The van der Waals surface area contributed by atoms with E-state index in [9.17, 15) is 19.8 Å². The number of benzene rings is 2. The van der Waals surface area contributed by atoms with Gasteiger partial charge in [0.25, 0.3) is 5.91 Å². The van der Waals surface area contributed by atoms with Gasteiger partial charge in [-0.15, -0.1) is 0 Å². The molecule has 3 unspecified atom stereocenters. The number of carboxylic acid groups (broad SMARTS) is 1. The summed E-state index contributed by atoms with van der Waals surface area (Å²) in [6.45, 7) is 7.34. The molecule has 246 valence electrons. The molecule has 11 nitrogen and oxygen atoms in total. The number of amides is 2. The summed E-state index contributed by atoms with van der Waals surface area (Å²) in [5.41, 5.74) is 3.75. The first-order chi connectivity index (χ1) is 22.0. The number of carbonyl (C=O) groups excluding carboxylic acids is 1. The van der Waals surface area contributed by atoms with Crippen molar-refractivity contribution in [3.05, 3.63) is 83.0 Å². The fourth-order valence-corrected chi connectivity index (χ4v) is 6.72. The van der Waals surface area contributed by atoms with Crippen LogP contribution in [0, 0.1) is 5.41 Å². The van der Waals surface area contributed by atoms with Crippen molar-refractivity contribution in [2.45, 2.75) is 64.4 Å². The third kappa shape index (κ3) is 7.54. The van der Waals surface area contributed by atoms with Gasteiger partial charge >= 0.3 is 6.09 Å². The third-order valence-corrected chi connectivity index (χ3v) is 8.96. The molecule has 3 aromatic rings. The standard InChI is InChI=1S/C35H45N5O6/c1-35(2,3)32-29(21-40(32)34(43)44)38-31-16-24(12-13-36-31)33(42)37-18-27(41)20-39(26-14-22-8-6-7-9-23(22)15-26)19-25-10-11-28(45-4)17-30(25)46-5/h6-13,16-17,26-27,29,32,41H,14-15,18-21H2,1-5H3,(H,36,38)(H,37,42)(H,43,44). The van der Waals surface area contributed by atoms with Crippen LogP contribution in [-0.4, -0.2) is 95.1 Å². The second kappa shape index (κ2) is 14.0. The van der Waals surface area contributed by atoms with Crippen LogP contribution < -0.4 is 20.1 Å². The Morgan fingerprint density at radius 1 is 1.07 bits per heavy atom. The van der Waals surface area contributed by atoms with Crippen molar-refractivity contribution in [2.24, 2.45) is 5.41 Å². The SMILES string of the molecule is COc1ccc(CN(CC(O)CNC(=O)c2ccnc(NC3CN(C(=O)O)C3C(C)(C)C)c2)C2Cc3ccccc3C2)c(OC)c1. The van der Waals surface area contributed by atoms with E-state index in [1.807, 2.05) is 39.0 Å². The molecule has 1 aliphatic heterocycles. The molecule has 1 aromatic heterocycles. The van der Waals surface area contributed by atoms with Crippen molar-refractivity contribution in [1.29, 1.82) is 0 Å². The summed E-state index contributed by atoms with van der Waals surface area (Å²) in [7, 11) is 3.26. The summed E-state index contributed by atoms with van der Waals surface area (Å²) in [5.74, 6) is 1.60. The van der Waals surface area contributed by atoms with Crippen molar-refractivity contribution in [2.75, 3.05) is 39.2 Å². The predicted octanol–water partition coefficient (Wildman–Crippen LogP) is 4.05. The molecule has 5 rings (SSSR count). The summed E-state index contributed by atoms with van der Waals surface area (Å²) >= 11 is 0. The molecule has 0 radical (unpaired) electrons. The van der Waals surface area contributed by atoms with Crippen LogP contribution in [0.2, 0.25) is 0 Å². The number of anilines is 1. The van der Waals surface area contributed by atoms with Crippen molar-refractivity contribution in [3.63, 3.8) is 0 Å². The smallest absolute Gasteiger partial charge is 0.407 e. The van der Waals surface area contributed by atoms with E-state index in [1.165, 1.54) is 16.0 Å². The molecular weight excluding hydrogens is 586 g/mol. The normalized spacial score (nSPS) is 18.5. The van der Waals surface area contributed by atoms with Gasteiger partial charge in [0.1, 0.15) is 17.3 Å². The molecule has 0 spiro atoms. The van der Waals surface area contributed by atoms with Crippen molar-refractivity contribution in [1.82, 2.24) is 20.1 Å². The molecule has 1 aliphatic carbocycles. The highest BCUT2D eigenvalue weighted by molar-refractivity contribution is 5.94. The Balaban J connectivity index is 1.22. The Labute approximate surface area is 270 Å². The number of aliphatic hydroxyl groups excluding tert-OH is 1. The van der Waals surface area contributed by atoms with Gasteiger partial charge in [-0.2, -0.15) is 0 Å². The van der Waals surface area contributed by atoms with Crippen LogP contribution in [0.1, 0.15) is 47.8 Å². The molecular formula is C35H45N5O6. The van der Waals surface area contributed by atoms with Crippen molar-refractivity contribution < 1.29 is 29.3 Å². The summed E-state index contributed by atoms with van der Waals surface area (Å²) in [6.07, 6.45) is 1.54. The molecule has 2 heterocycles. The number of nitrogens with zero attached hydrogens (tertiary/aromatic N) is 3. The fraction of sp³-hybridized carbons (Fsp3) is 0.457. The highest BCUT2D eigenvalue weighted by Gasteiger charge is 2.48. The van der Waals surface area contributed by atoms with Gasteiger partial charge in [0, 0.05) is 55.6 Å². The summed E-state index contributed by atoms with van der Waals surface area (Å²) in [6, 6.07) is 17.3. The maximum atomic E-state index is 13.2. The molecule has 46 heavy (non-hydrogen) atoms. The van der Waals surface area contributed by atoms with Gasteiger partial charge in [-0.3, -0.25) is 9.69 Å². The Morgan fingerprint density at radius 3 is 2.41 bits per heavy atom. The molecule has 0 saturated carbocycles. The van der Waals surface area contributed by atoms with Crippen LogP contribution in [0.15, 0.2) is 60.8 Å². The molecule has 0 bridgehead atoms. The number of fused-ring (bicyclic) bond motifs is 1. The lowest BCUT2D eigenvalue weighted by atomic mass is 9.76. The Hall–Kier alpha value is -4.35. The molecule has 2 amide bonds. The topological polar surface area (TPSA) is 136 Å². The number of methoxy groups -OCH3 is 2. The maximum absolute atomic E-state index is 13.2. The van der Waals surface area contributed by atoms with Crippen LogP contribution in [0.5, 0.6) is 11.5 Å². The number of likely N-dealkylation sites (tertiary alicyclic amines) is 1. The third-order valence-electron chi connectivity index (χ3n) is 8.96. The van der Waals surface area contributed by atoms with Crippen molar-refractivity contribution >= 4 is 17.8 Å². The second-order valence-corrected chi connectivity index (χ2v) is 13.2. The van der Waals surface area contributed by atoms with E-state index in [2.05, 4.69) is 44.8 Å². The van der Waals surface area contributed by atoms with Crippen LogP contribution >= 0.6 is 0 Å². The van der Waals surface area contributed by atoms with E-state index in [0.29, 0.717) is 36.8 Å². The zero-order valence-electron chi connectivity index (χ0n) is 27.2. The van der Waals surface area contributed by atoms with Crippen LogP contribution in [-0.2, 0) is 19.4 Å². The lowest BCUT2D eigenvalue weighted by Gasteiger charge is -2.52. The second-order valence-electron chi connectivity index (χ2n) is 13.2. The molecule has 2 aliphatic rings. The average Bonchev–Trinajstić information content (AvgIpc) is 3.45. The van der Waals surface area contributed by atoms with Crippen molar-refractivity contribution in [3.8, 4) is 11.5 Å². The van der Waals surface area contributed by atoms with Gasteiger partial charge in [-0.25, -0.2) is 9.78 Å². The average molecular weight is 632 g/mol. The monoisotopic (exact) mass is 631 g/mol. The first kappa shape index (κ1) is 33.0. The zero-order valence-corrected chi connectivity index (χ0v) is 27.2. The van der Waals surface area contributed by atoms with Gasteiger partial charge in [0.15, 0.2) is 0 Å². The lowest BCUT2D eigenvalue weighted by Crippen LogP contribution is -2.69. The number of ether oxygens (including phenoxy) is 2. The van der Waals surface area contributed by atoms with E-state index in [4.69, 9.17) is 9.47 Å². The van der Waals surface area contributed by atoms with E-state index < -0.39 is 12.2 Å².